The molecule has 8 heteroatoms. The van der Waals surface area contributed by atoms with E-state index in [1.807, 2.05) is 67.7 Å². The van der Waals surface area contributed by atoms with Gasteiger partial charge in [0, 0.05) is 43.9 Å². The molecule has 0 bridgehead atoms. The molecule has 0 aromatic heterocycles. The number of benzene rings is 3. The van der Waals surface area contributed by atoms with Gasteiger partial charge in [-0.15, -0.1) is 0 Å². The Labute approximate surface area is 249 Å². The normalized spacial score (nSPS) is 19.1. The first-order chi connectivity index (χ1) is 20.5. The summed E-state index contributed by atoms with van der Waals surface area (Å²) in [5, 5.41) is 28.5. The van der Waals surface area contributed by atoms with Gasteiger partial charge in [-0.2, -0.15) is 5.06 Å². The lowest BCUT2D eigenvalue weighted by Gasteiger charge is -2.26. The fourth-order valence-electron chi connectivity index (χ4n) is 5.26. The zero-order valence-electron chi connectivity index (χ0n) is 24.4. The summed E-state index contributed by atoms with van der Waals surface area (Å²) in [6.45, 7) is 4.24. The van der Waals surface area contributed by atoms with E-state index in [1.54, 1.807) is 12.0 Å². The number of anilines is 1. The lowest BCUT2D eigenvalue weighted by molar-refractivity contribution is -0.181. The van der Waals surface area contributed by atoms with Crippen molar-refractivity contribution in [1.29, 1.82) is 0 Å². The molecule has 0 spiro atoms. The van der Waals surface area contributed by atoms with Crippen molar-refractivity contribution in [1.82, 2.24) is 15.7 Å². The molecule has 1 fully saturated rings. The molecule has 42 heavy (non-hydrogen) atoms. The summed E-state index contributed by atoms with van der Waals surface area (Å²) in [6.07, 6.45) is -0.759. The number of nitrogens with zero attached hydrogens (tertiary/aromatic N) is 2. The number of aliphatic hydroxyl groups is 2. The molecular formula is C34H42N4O4. The molecular weight excluding hydrogens is 528 g/mol. The van der Waals surface area contributed by atoms with Crippen LogP contribution in [-0.2, 0) is 22.7 Å². The highest BCUT2D eigenvalue weighted by Crippen LogP contribution is 2.32. The molecule has 222 valence electrons. The molecule has 4 rings (SSSR count). The Morgan fingerprint density at radius 2 is 1.76 bits per heavy atom. The average molecular weight is 571 g/mol. The van der Waals surface area contributed by atoms with Crippen LogP contribution in [0.25, 0.3) is 0 Å². The molecule has 4 N–H and O–H groups in total. The molecule has 3 aromatic carbocycles. The van der Waals surface area contributed by atoms with Crippen LogP contribution in [0.3, 0.4) is 0 Å². The van der Waals surface area contributed by atoms with Gasteiger partial charge in [-0.3, -0.25) is 9.63 Å². The monoisotopic (exact) mass is 570 g/mol. The number of hydroxylamine groups is 2. The molecule has 1 amide bonds. The van der Waals surface area contributed by atoms with Crippen molar-refractivity contribution in [2.75, 3.05) is 38.2 Å². The predicted molar refractivity (Wildman–Crippen MR) is 165 cm³/mol. The molecule has 0 radical (unpaired) electrons. The number of rotatable bonds is 13. The maximum atomic E-state index is 13.4. The second-order valence-corrected chi connectivity index (χ2v) is 10.7. The number of hydrogen-bond acceptors (Lipinski definition) is 7. The SMILES string of the molecule is CC(O)[C@H]1[C@@H](CO)ON(Cc2cccc(C#CCNCc3ccccc3)c2)[C@H]1C(=O)NCCCN(C)c1ccccc1. The zero-order chi connectivity index (χ0) is 29.7. The van der Waals surface area contributed by atoms with E-state index in [2.05, 4.69) is 51.6 Å². The molecule has 1 aliphatic rings. The summed E-state index contributed by atoms with van der Waals surface area (Å²) >= 11 is 0. The standard InChI is InChI=1S/C34H42N4O4/c1-26(40)32-31(25-39)42-38(33(32)34(41)36-20-11-21-37(2)30-17-7-4-8-18-30)24-29-15-9-14-27(22-29)16-10-19-35-23-28-12-5-3-6-13-28/h3-9,12-15,17-18,22,26,31-33,35,39-40H,11,19-21,23-25H2,1-2H3,(H,36,41)/t26?,31-,32+,33-/m1/s1. The highest BCUT2D eigenvalue weighted by Gasteiger charge is 2.49. The highest BCUT2D eigenvalue weighted by atomic mass is 16.7. The minimum absolute atomic E-state index is 0.223. The van der Waals surface area contributed by atoms with Crippen molar-refractivity contribution < 1.29 is 19.8 Å². The molecule has 1 saturated heterocycles. The van der Waals surface area contributed by atoms with E-state index in [4.69, 9.17) is 4.84 Å². The fraction of sp³-hybridized carbons (Fsp3) is 0.382. The molecule has 1 unspecified atom stereocenters. The summed E-state index contributed by atoms with van der Waals surface area (Å²) in [7, 11) is 2.03. The average Bonchev–Trinajstić information content (AvgIpc) is 3.38. The van der Waals surface area contributed by atoms with Crippen LogP contribution in [0.15, 0.2) is 84.9 Å². The Balaban J connectivity index is 1.35. The fourth-order valence-corrected chi connectivity index (χ4v) is 5.26. The number of para-hydroxylation sites is 1. The van der Waals surface area contributed by atoms with Crippen LogP contribution in [0.2, 0.25) is 0 Å². The number of hydrogen-bond donors (Lipinski definition) is 4. The van der Waals surface area contributed by atoms with Crippen molar-refractivity contribution in [2.24, 2.45) is 5.92 Å². The van der Waals surface area contributed by atoms with Gasteiger partial charge in [-0.05, 0) is 48.7 Å². The summed E-state index contributed by atoms with van der Waals surface area (Å²) < 4.78 is 0. The second-order valence-electron chi connectivity index (χ2n) is 10.7. The Hall–Kier alpha value is -3.71. The van der Waals surface area contributed by atoms with Crippen molar-refractivity contribution in [3.05, 3.63) is 102 Å². The number of amides is 1. The third kappa shape index (κ3) is 8.89. The van der Waals surface area contributed by atoms with Crippen LogP contribution < -0.4 is 15.5 Å². The van der Waals surface area contributed by atoms with Crippen molar-refractivity contribution in [3.63, 3.8) is 0 Å². The lowest BCUT2D eigenvalue weighted by Crippen LogP contribution is -2.49. The van der Waals surface area contributed by atoms with Crippen molar-refractivity contribution >= 4 is 11.6 Å². The minimum Gasteiger partial charge on any atom is -0.394 e. The first-order valence-corrected chi connectivity index (χ1v) is 14.5. The van der Waals surface area contributed by atoms with Gasteiger partial charge in [-0.25, -0.2) is 0 Å². The van der Waals surface area contributed by atoms with E-state index < -0.39 is 24.2 Å². The Morgan fingerprint density at radius 1 is 1.05 bits per heavy atom. The predicted octanol–water partition coefficient (Wildman–Crippen LogP) is 2.94. The van der Waals surface area contributed by atoms with Crippen molar-refractivity contribution in [3.8, 4) is 11.8 Å². The van der Waals surface area contributed by atoms with Crippen LogP contribution >= 0.6 is 0 Å². The van der Waals surface area contributed by atoms with E-state index in [9.17, 15) is 15.0 Å². The third-order valence-corrected chi connectivity index (χ3v) is 7.43. The molecule has 1 heterocycles. The topological polar surface area (TPSA) is 97.3 Å². The first-order valence-electron chi connectivity index (χ1n) is 14.5. The molecule has 1 aliphatic heterocycles. The molecule has 0 saturated carbocycles. The number of nitrogens with one attached hydrogen (secondary N) is 2. The molecule has 3 aromatic rings. The Kier molecular flexibility index (Phi) is 11.9. The van der Waals surface area contributed by atoms with Gasteiger partial charge in [0.1, 0.15) is 12.1 Å². The molecule has 4 atom stereocenters. The van der Waals surface area contributed by atoms with E-state index in [1.165, 1.54) is 5.56 Å². The van der Waals surface area contributed by atoms with Gasteiger partial charge >= 0.3 is 0 Å². The molecule has 0 aliphatic carbocycles. The van der Waals surface area contributed by atoms with Crippen LogP contribution in [0, 0.1) is 17.8 Å². The largest absolute Gasteiger partial charge is 0.394 e. The van der Waals surface area contributed by atoms with Gasteiger partial charge in [0.15, 0.2) is 0 Å². The zero-order valence-corrected chi connectivity index (χ0v) is 24.4. The number of aliphatic hydroxyl groups excluding tert-OH is 2. The van der Waals surface area contributed by atoms with Crippen LogP contribution in [-0.4, -0.2) is 72.7 Å². The maximum Gasteiger partial charge on any atom is 0.240 e. The summed E-state index contributed by atoms with van der Waals surface area (Å²) in [5.74, 6) is 5.57. The van der Waals surface area contributed by atoms with Crippen molar-refractivity contribution in [2.45, 2.75) is 44.7 Å². The quantitative estimate of drug-likeness (QED) is 0.185. The Morgan fingerprint density at radius 3 is 2.48 bits per heavy atom. The maximum absolute atomic E-state index is 13.4. The Bertz CT molecular complexity index is 1310. The summed E-state index contributed by atoms with van der Waals surface area (Å²) in [5.41, 5.74) is 4.11. The smallest absolute Gasteiger partial charge is 0.240 e. The minimum atomic E-state index is -0.840. The number of carbonyl (C=O) groups excluding carboxylic acids is 1. The second kappa shape index (κ2) is 16.1. The molecule has 8 nitrogen and oxygen atoms in total. The van der Waals surface area contributed by atoms with Gasteiger partial charge in [0.05, 0.1) is 25.8 Å². The van der Waals surface area contributed by atoms with E-state index >= 15 is 0 Å². The van der Waals surface area contributed by atoms with Gasteiger partial charge in [0.2, 0.25) is 5.91 Å². The van der Waals surface area contributed by atoms with Gasteiger partial charge < -0.3 is 25.7 Å². The number of carbonyl (C=O) groups is 1. The first kappa shape index (κ1) is 31.2. The highest BCUT2D eigenvalue weighted by molar-refractivity contribution is 5.82. The third-order valence-electron chi connectivity index (χ3n) is 7.43. The van der Waals surface area contributed by atoms with E-state index in [0.29, 0.717) is 19.6 Å². The van der Waals surface area contributed by atoms with Crippen LogP contribution in [0.5, 0.6) is 0 Å². The van der Waals surface area contributed by atoms with Gasteiger partial charge in [0.25, 0.3) is 0 Å². The van der Waals surface area contributed by atoms with Crippen LogP contribution in [0.4, 0.5) is 5.69 Å². The summed E-state index contributed by atoms with van der Waals surface area (Å²) in [4.78, 5) is 21.6. The lowest BCUT2D eigenvalue weighted by atomic mass is 9.89. The summed E-state index contributed by atoms with van der Waals surface area (Å²) in [6, 6.07) is 27.4. The van der Waals surface area contributed by atoms with E-state index in [0.717, 1.165) is 36.3 Å². The van der Waals surface area contributed by atoms with E-state index in [-0.39, 0.29) is 12.5 Å². The van der Waals surface area contributed by atoms with Crippen LogP contribution in [0.1, 0.15) is 30.0 Å². The van der Waals surface area contributed by atoms with Gasteiger partial charge in [-0.1, -0.05) is 72.5 Å².